The lowest BCUT2D eigenvalue weighted by Crippen LogP contribution is -2.02. The summed E-state index contributed by atoms with van der Waals surface area (Å²) in [5, 5.41) is 0. The molecule has 1 rings (SSSR count). The van der Waals surface area contributed by atoms with Crippen LogP contribution < -0.4 is 0 Å². The van der Waals surface area contributed by atoms with Gasteiger partial charge in [-0.1, -0.05) is 6.07 Å². The number of benzene rings is 1. The third kappa shape index (κ3) is 3.14. The monoisotopic (exact) mass is 289 g/mol. The van der Waals surface area contributed by atoms with Crippen LogP contribution in [0.2, 0.25) is 0 Å². The molecule has 0 heterocycles. The quantitative estimate of drug-likeness (QED) is 0.798. The van der Waals surface area contributed by atoms with Gasteiger partial charge in [-0.2, -0.15) is 4.36 Å². The number of halogens is 1. The minimum absolute atomic E-state index is 0.421. The molecule has 1 unspecified atom stereocenters. The van der Waals surface area contributed by atoms with E-state index in [9.17, 15) is 9.00 Å². The van der Waals surface area contributed by atoms with Crippen molar-refractivity contribution in [3.8, 4) is 0 Å². The molecule has 0 bridgehead atoms. The van der Waals surface area contributed by atoms with Gasteiger partial charge >= 0.3 is 0 Å². The molecule has 15 heavy (non-hydrogen) atoms. The molecule has 1 aromatic carbocycles. The standard InChI is InChI=1S/C10H12BrNO2S/c1-7-4-5-10(9(11)6-7)15(3,14)12-8(2)13/h4-6H,1-3H3. The van der Waals surface area contributed by atoms with Gasteiger partial charge in [-0.25, -0.2) is 4.21 Å². The molecular formula is C10H12BrNO2S. The summed E-state index contributed by atoms with van der Waals surface area (Å²) in [6.07, 6.45) is 1.46. The predicted octanol–water partition coefficient (Wildman–Crippen LogP) is 2.76. The Bertz CT molecular complexity index is 516. The van der Waals surface area contributed by atoms with Crippen molar-refractivity contribution >= 4 is 31.6 Å². The van der Waals surface area contributed by atoms with E-state index in [0.29, 0.717) is 4.90 Å². The van der Waals surface area contributed by atoms with Gasteiger partial charge in [-0.3, -0.25) is 4.79 Å². The molecule has 0 aliphatic carbocycles. The second-order valence-corrected chi connectivity index (χ2v) is 6.43. The Morgan fingerprint density at radius 3 is 2.53 bits per heavy atom. The minimum Gasteiger partial charge on any atom is -0.272 e. The smallest absolute Gasteiger partial charge is 0.250 e. The summed E-state index contributed by atoms with van der Waals surface area (Å²) >= 11 is 3.32. The lowest BCUT2D eigenvalue weighted by atomic mass is 10.2. The Kier molecular flexibility index (Phi) is 3.67. The van der Waals surface area contributed by atoms with Gasteiger partial charge in [0.15, 0.2) is 0 Å². The zero-order valence-corrected chi connectivity index (χ0v) is 11.2. The van der Waals surface area contributed by atoms with Gasteiger partial charge in [0.05, 0.1) is 14.6 Å². The van der Waals surface area contributed by atoms with Gasteiger partial charge in [0.2, 0.25) is 0 Å². The Labute approximate surface area is 98.2 Å². The SMILES string of the molecule is CC(=O)N=S(C)(=O)c1ccc(C)cc1Br. The van der Waals surface area contributed by atoms with Gasteiger partial charge in [0.1, 0.15) is 0 Å². The van der Waals surface area contributed by atoms with Gasteiger partial charge < -0.3 is 0 Å². The maximum Gasteiger partial charge on any atom is 0.250 e. The van der Waals surface area contributed by atoms with Crippen LogP contribution in [0, 0.1) is 6.92 Å². The first kappa shape index (κ1) is 12.4. The fraction of sp³-hybridized carbons (Fsp3) is 0.300. The van der Waals surface area contributed by atoms with Crippen LogP contribution in [0.4, 0.5) is 0 Å². The number of aryl methyl sites for hydroxylation is 1. The third-order valence-corrected chi connectivity index (χ3v) is 4.49. The first-order chi connectivity index (χ1) is 6.83. The second kappa shape index (κ2) is 4.45. The zero-order valence-electron chi connectivity index (χ0n) is 8.78. The summed E-state index contributed by atoms with van der Waals surface area (Å²) in [5.41, 5.74) is 1.06. The largest absolute Gasteiger partial charge is 0.272 e. The van der Waals surface area contributed by atoms with Crippen molar-refractivity contribution in [3.63, 3.8) is 0 Å². The highest BCUT2D eigenvalue weighted by Gasteiger charge is 2.11. The number of carbonyl (C=O) groups is 1. The molecule has 0 spiro atoms. The number of amides is 1. The molecule has 5 heteroatoms. The van der Waals surface area contributed by atoms with Gasteiger partial charge in [-0.05, 0) is 40.5 Å². The minimum atomic E-state index is -2.63. The number of hydrogen-bond donors (Lipinski definition) is 0. The van der Waals surface area contributed by atoms with Gasteiger partial charge in [0.25, 0.3) is 5.91 Å². The first-order valence-electron chi connectivity index (χ1n) is 4.32. The maximum absolute atomic E-state index is 12.1. The highest BCUT2D eigenvalue weighted by atomic mass is 79.9. The van der Waals surface area contributed by atoms with Crippen molar-refractivity contribution in [2.75, 3.05) is 6.26 Å². The Morgan fingerprint density at radius 1 is 1.47 bits per heavy atom. The van der Waals surface area contributed by atoms with E-state index in [1.54, 1.807) is 6.07 Å². The van der Waals surface area contributed by atoms with Crippen LogP contribution in [-0.4, -0.2) is 16.4 Å². The summed E-state index contributed by atoms with van der Waals surface area (Å²) in [7, 11) is -2.63. The molecular weight excluding hydrogens is 278 g/mol. The molecule has 82 valence electrons. The first-order valence-corrected chi connectivity index (χ1v) is 7.03. The zero-order chi connectivity index (χ0) is 11.6. The van der Waals surface area contributed by atoms with Crippen LogP contribution in [-0.2, 0) is 14.5 Å². The Morgan fingerprint density at radius 2 is 2.07 bits per heavy atom. The summed E-state index contributed by atoms with van der Waals surface area (Å²) in [5.74, 6) is -0.421. The highest BCUT2D eigenvalue weighted by molar-refractivity contribution is 9.10. The van der Waals surface area contributed by atoms with Crippen molar-refractivity contribution in [2.24, 2.45) is 4.36 Å². The topological polar surface area (TPSA) is 46.5 Å². The average Bonchev–Trinajstić information content (AvgIpc) is 1.99. The fourth-order valence-electron chi connectivity index (χ4n) is 1.21. The molecule has 0 aliphatic heterocycles. The van der Waals surface area contributed by atoms with Gasteiger partial charge in [-0.15, -0.1) is 0 Å². The number of nitrogens with zero attached hydrogens (tertiary/aromatic N) is 1. The summed E-state index contributed by atoms with van der Waals surface area (Å²) < 4.78 is 16.5. The number of carbonyl (C=O) groups excluding carboxylic acids is 1. The molecule has 0 saturated carbocycles. The summed E-state index contributed by atoms with van der Waals surface area (Å²) in [6.45, 7) is 3.24. The molecule has 1 amide bonds. The molecule has 0 aromatic heterocycles. The van der Waals surface area contributed by atoms with E-state index in [0.717, 1.165) is 10.0 Å². The van der Waals surface area contributed by atoms with E-state index in [2.05, 4.69) is 20.3 Å². The average molecular weight is 290 g/mol. The van der Waals surface area contributed by atoms with Crippen LogP contribution in [0.1, 0.15) is 12.5 Å². The van der Waals surface area contributed by atoms with Crippen molar-refractivity contribution in [3.05, 3.63) is 28.2 Å². The molecule has 0 N–H and O–H groups in total. The lowest BCUT2D eigenvalue weighted by molar-refractivity contribution is -0.115. The van der Waals surface area contributed by atoms with E-state index in [-0.39, 0.29) is 0 Å². The van der Waals surface area contributed by atoms with Crippen molar-refractivity contribution < 1.29 is 9.00 Å². The Hall–Kier alpha value is -0.680. The number of hydrogen-bond acceptors (Lipinski definition) is 2. The third-order valence-electron chi connectivity index (χ3n) is 1.80. The fourth-order valence-corrected chi connectivity index (χ4v) is 3.93. The molecule has 0 aliphatic rings. The van der Waals surface area contributed by atoms with E-state index < -0.39 is 15.6 Å². The predicted molar refractivity (Wildman–Crippen MR) is 64.3 cm³/mol. The van der Waals surface area contributed by atoms with Crippen LogP contribution in [0.3, 0.4) is 0 Å². The van der Waals surface area contributed by atoms with E-state index in [1.165, 1.54) is 13.2 Å². The normalized spacial score (nSPS) is 14.4. The highest BCUT2D eigenvalue weighted by Crippen LogP contribution is 2.24. The van der Waals surface area contributed by atoms with E-state index in [4.69, 9.17) is 0 Å². The molecule has 0 saturated heterocycles. The molecule has 0 fully saturated rings. The second-order valence-electron chi connectivity index (χ2n) is 3.35. The Balaban J connectivity index is 3.41. The number of rotatable bonds is 1. The van der Waals surface area contributed by atoms with Crippen LogP contribution in [0.15, 0.2) is 31.9 Å². The van der Waals surface area contributed by atoms with Crippen molar-refractivity contribution in [2.45, 2.75) is 18.7 Å². The van der Waals surface area contributed by atoms with Crippen LogP contribution >= 0.6 is 15.9 Å². The van der Waals surface area contributed by atoms with E-state index in [1.807, 2.05) is 19.1 Å². The maximum atomic E-state index is 12.1. The van der Waals surface area contributed by atoms with Crippen molar-refractivity contribution in [1.82, 2.24) is 0 Å². The van der Waals surface area contributed by atoms with Crippen molar-refractivity contribution in [1.29, 1.82) is 0 Å². The molecule has 1 atom stereocenters. The van der Waals surface area contributed by atoms with E-state index >= 15 is 0 Å². The molecule has 3 nitrogen and oxygen atoms in total. The summed E-state index contributed by atoms with van der Waals surface area (Å²) in [6, 6.07) is 5.43. The van der Waals surface area contributed by atoms with Crippen LogP contribution in [0.25, 0.3) is 0 Å². The van der Waals surface area contributed by atoms with Gasteiger partial charge in [0, 0.05) is 17.7 Å². The van der Waals surface area contributed by atoms with Crippen LogP contribution in [0.5, 0.6) is 0 Å². The summed E-state index contributed by atoms with van der Waals surface area (Å²) in [4.78, 5) is 11.4. The lowest BCUT2D eigenvalue weighted by Gasteiger charge is -2.06. The molecule has 0 radical (unpaired) electrons. The molecule has 1 aromatic rings.